The van der Waals surface area contributed by atoms with Gasteiger partial charge in [0, 0.05) is 19.6 Å². The Morgan fingerprint density at radius 3 is 2.95 bits per heavy atom. The quantitative estimate of drug-likeness (QED) is 0.798. The van der Waals surface area contributed by atoms with E-state index in [1.807, 2.05) is 17.9 Å². The van der Waals surface area contributed by atoms with Crippen LogP contribution in [0.3, 0.4) is 0 Å². The third-order valence-electron chi connectivity index (χ3n) is 3.61. The largest absolute Gasteiger partial charge is 0.337 e. The zero-order chi connectivity index (χ0) is 14.7. The van der Waals surface area contributed by atoms with Gasteiger partial charge in [0.25, 0.3) is 0 Å². The maximum absolute atomic E-state index is 12.3. The first-order chi connectivity index (χ1) is 10.3. The Balaban J connectivity index is 1.60. The molecule has 6 nitrogen and oxygen atoms in total. The van der Waals surface area contributed by atoms with Gasteiger partial charge in [-0.05, 0) is 34.9 Å². The molecule has 0 N–H and O–H groups in total. The standard InChI is InChI=1S/C14H17N5OS/c1-2-19-14(15-16-17-19)21-10-13(20)18-8-7-11-5-3-4-6-12(11)9-18/h3-6H,2,7-10H2,1H3. The lowest BCUT2D eigenvalue weighted by atomic mass is 10.00. The first-order valence-electron chi connectivity index (χ1n) is 7.01. The highest BCUT2D eigenvalue weighted by Gasteiger charge is 2.21. The Morgan fingerprint density at radius 2 is 2.14 bits per heavy atom. The molecule has 1 aromatic carbocycles. The average Bonchev–Trinajstić information content (AvgIpc) is 2.99. The van der Waals surface area contributed by atoms with E-state index < -0.39 is 0 Å². The fourth-order valence-corrected chi connectivity index (χ4v) is 3.27. The molecule has 0 spiro atoms. The van der Waals surface area contributed by atoms with E-state index in [-0.39, 0.29) is 5.91 Å². The Morgan fingerprint density at radius 1 is 1.33 bits per heavy atom. The van der Waals surface area contributed by atoms with Crippen LogP contribution < -0.4 is 0 Å². The number of hydrogen-bond acceptors (Lipinski definition) is 5. The van der Waals surface area contributed by atoms with E-state index in [9.17, 15) is 4.79 Å². The number of carbonyl (C=O) groups is 1. The van der Waals surface area contributed by atoms with E-state index in [0.29, 0.717) is 24.0 Å². The number of aryl methyl sites for hydroxylation is 1. The van der Waals surface area contributed by atoms with Crippen LogP contribution in [-0.4, -0.2) is 43.3 Å². The first kappa shape index (κ1) is 14.1. The fourth-order valence-electron chi connectivity index (χ4n) is 2.42. The summed E-state index contributed by atoms with van der Waals surface area (Å²) in [5.41, 5.74) is 2.60. The van der Waals surface area contributed by atoms with Crippen molar-refractivity contribution < 1.29 is 4.79 Å². The lowest BCUT2D eigenvalue weighted by Gasteiger charge is -2.28. The molecule has 110 valence electrons. The molecule has 3 rings (SSSR count). The number of nitrogens with zero attached hydrogens (tertiary/aromatic N) is 5. The van der Waals surface area contributed by atoms with Gasteiger partial charge in [-0.25, -0.2) is 4.68 Å². The number of thioether (sulfide) groups is 1. The second-order valence-electron chi connectivity index (χ2n) is 4.90. The molecule has 7 heteroatoms. The van der Waals surface area contributed by atoms with Crippen molar-refractivity contribution in [3.63, 3.8) is 0 Å². The molecule has 1 aliphatic heterocycles. The number of fused-ring (bicyclic) bond motifs is 1. The van der Waals surface area contributed by atoms with Crippen LogP contribution in [0.15, 0.2) is 29.4 Å². The van der Waals surface area contributed by atoms with Gasteiger partial charge in [-0.2, -0.15) is 0 Å². The number of amides is 1. The molecule has 1 aromatic heterocycles. The van der Waals surface area contributed by atoms with Gasteiger partial charge in [0.2, 0.25) is 11.1 Å². The predicted molar refractivity (Wildman–Crippen MR) is 79.8 cm³/mol. The lowest BCUT2D eigenvalue weighted by molar-refractivity contribution is -0.129. The number of aromatic nitrogens is 4. The summed E-state index contributed by atoms with van der Waals surface area (Å²) in [6.45, 7) is 4.17. The monoisotopic (exact) mass is 303 g/mol. The molecule has 0 aliphatic carbocycles. The summed E-state index contributed by atoms with van der Waals surface area (Å²) in [4.78, 5) is 14.2. The summed E-state index contributed by atoms with van der Waals surface area (Å²) in [5, 5.41) is 12.1. The summed E-state index contributed by atoms with van der Waals surface area (Å²) in [7, 11) is 0. The molecular formula is C14H17N5OS. The van der Waals surface area contributed by atoms with Crippen LogP contribution in [0.25, 0.3) is 0 Å². The van der Waals surface area contributed by atoms with E-state index in [4.69, 9.17) is 0 Å². The smallest absolute Gasteiger partial charge is 0.233 e. The number of benzene rings is 1. The summed E-state index contributed by atoms with van der Waals surface area (Å²) in [5.74, 6) is 0.517. The molecule has 0 unspecified atom stereocenters. The van der Waals surface area contributed by atoms with E-state index in [0.717, 1.165) is 13.0 Å². The van der Waals surface area contributed by atoms with Gasteiger partial charge in [-0.3, -0.25) is 4.79 Å². The molecule has 2 heterocycles. The number of rotatable bonds is 4. The van der Waals surface area contributed by atoms with E-state index in [1.165, 1.54) is 22.9 Å². The fraction of sp³-hybridized carbons (Fsp3) is 0.429. The number of hydrogen-bond donors (Lipinski definition) is 0. The molecule has 0 radical (unpaired) electrons. The Hall–Kier alpha value is -1.89. The van der Waals surface area contributed by atoms with Crippen LogP contribution in [0.2, 0.25) is 0 Å². The van der Waals surface area contributed by atoms with Crippen LogP contribution in [0, 0.1) is 0 Å². The van der Waals surface area contributed by atoms with Crippen molar-refractivity contribution in [1.29, 1.82) is 0 Å². The second-order valence-corrected chi connectivity index (χ2v) is 5.84. The predicted octanol–water partition coefficient (Wildman–Crippen LogP) is 1.37. The topological polar surface area (TPSA) is 63.9 Å². The maximum atomic E-state index is 12.3. The summed E-state index contributed by atoms with van der Waals surface area (Å²) in [6, 6.07) is 8.31. The minimum Gasteiger partial charge on any atom is -0.337 e. The summed E-state index contributed by atoms with van der Waals surface area (Å²) < 4.78 is 1.70. The minimum absolute atomic E-state index is 0.139. The highest BCUT2D eigenvalue weighted by Crippen LogP contribution is 2.20. The van der Waals surface area contributed by atoms with Crippen molar-refractivity contribution in [2.24, 2.45) is 0 Å². The van der Waals surface area contributed by atoms with Gasteiger partial charge in [0.1, 0.15) is 0 Å². The number of carbonyl (C=O) groups excluding carboxylic acids is 1. The zero-order valence-electron chi connectivity index (χ0n) is 11.9. The normalized spacial score (nSPS) is 14.0. The van der Waals surface area contributed by atoms with Crippen LogP contribution in [0.5, 0.6) is 0 Å². The lowest BCUT2D eigenvalue weighted by Crippen LogP contribution is -2.37. The van der Waals surface area contributed by atoms with Crippen LogP contribution >= 0.6 is 11.8 Å². The molecule has 0 atom stereocenters. The average molecular weight is 303 g/mol. The van der Waals surface area contributed by atoms with Gasteiger partial charge in [-0.15, -0.1) is 5.10 Å². The highest BCUT2D eigenvalue weighted by molar-refractivity contribution is 7.99. The molecular weight excluding hydrogens is 286 g/mol. The molecule has 0 fully saturated rings. The van der Waals surface area contributed by atoms with Crippen LogP contribution in [0.1, 0.15) is 18.1 Å². The van der Waals surface area contributed by atoms with Crippen LogP contribution in [0.4, 0.5) is 0 Å². The SMILES string of the molecule is CCn1nnnc1SCC(=O)N1CCc2ccccc2C1. The number of tetrazole rings is 1. The van der Waals surface area contributed by atoms with Gasteiger partial charge < -0.3 is 4.90 Å². The van der Waals surface area contributed by atoms with Gasteiger partial charge >= 0.3 is 0 Å². The molecule has 1 amide bonds. The molecule has 0 bridgehead atoms. The summed E-state index contributed by atoms with van der Waals surface area (Å²) >= 11 is 1.40. The molecule has 1 aliphatic rings. The highest BCUT2D eigenvalue weighted by atomic mass is 32.2. The van der Waals surface area contributed by atoms with E-state index in [2.05, 4.69) is 33.7 Å². The molecule has 2 aromatic rings. The second kappa shape index (κ2) is 6.26. The molecule has 21 heavy (non-hydrogen) atoms. The Kier molecular flexibility index (Phi) is 4.19. The first-order valence-corrected chi connectivity index (χ1v) is 8.00. The third-order valence-corrected chi connectivity index (χ3v) is 4.55. The van der Waals surface area contributed by atoms with Gasteiger partial charge in [-0.1, -0.05) is 36.0 Å². The van der Waals surface area contributed by atoms with Crippen molar-refractivity contribution in [3.8, 4) is 0 Å². The Bertz CT molecular complexity index is 642. The van der Waals surface area contributed by atoms with E-state index >= 15 is 0 Å². The van der Waals surface area contributed by atoms with Crippen molar-refractivity contribution >= 4 is 17.7 Å². The van der Waals surface area contributed by atoms with Crippen molar-refractivity contribution in [1.82, 2.24) is 25.1 Å². The van der Waals surface area contributed by atoms with Gasteiger partial charge in [0.15, 0.2) is 0 Å². The molecule has 0 saturated carbocycles. The van der Waals surface area contributed by atoms with Gasteiger partial charge in [0.05, 0.1) is 5.75 Å². The molecule has 0 saturated heterocycles. The van der Waals surface area contributed by atoms with E-state index in [1.54, 1.807) is 4.68 Å². The summed E-state index contributed by atoms with van der Waals surface area (Å²) in [6.07, 6.45) is 0.930. The van der Waals surface area contributed by atoms with Crippen molar-refractivity contribution in [2.45, 2.75) is 31.6 Å². The van der Waals surface area contributed by atoms with Crippen LogP contribution in [-0.2, 0) is 24.3 Å². The minimum atomic E-state index is 0.139. The van der Waals surface area contributed by atoms with Crippen molar-refractivity contribution in [2.75, 3.05) is 12.3 Å². The van der Waals surface area contributed by atoms with Crippen molar-refractivity contribution in [3.05, 3.63) is 35.4 Å². The maximum Gasteiger partial charge on any atom is 0.233 e. The zero-order valence-corrected chi connectivity index (χ0v) is 12.7. The third kappa shape index (κ3) is 3.07. The Labute approximate surface area is 127 Å².